The first-order valence-corrected chi connectivity index (χ1v) is 11.1. The summed E-state index contributed by atoms with van der Waals surface area (Å²) in [6.07, 6.45) is -2.85. The highest BCUT2D eigenvalue weighted by Crippen LogP contribution is 2.31. The number of thioether (sulfide) groups is 1. The van der Waals surface area contributed by atoms with Gasteiger partial charge in [0.05, 0.1) is 17.0 Å². The average Bonchev–Trinajstić information content (AvgIpc) is 3.13. The third-order valence-electron chi connectivity index (χ3n) is 4.75. The molecule has 172 valence electrons. The van der Waals surface area contributed by atoms with Crippen molar-refractivity contribution in [3.05, 3.63) is 102 Å². The molecule has 1 heterocycles. The number of hydrogen-bond donors (Lipinski definition) is 1. The van der Waals surface area contributed by atoms with E-state index in [4.69, 9.17) is 0 Å². The van der Waals surface area contributed by atoms with Crippen LogP contribution in [0.15, 0.2) is 95.6 Å². The van der Waals surface area contributed by atoms with Gasteiger partial charge in [0.1, 0.15) is 5.70 Å². The molecule has 0 aliphatic carbocycles. The summed E-state index contributed by atoms with van der Waals surface area (Å²) in [5, 5.41) is 2.77. The van der Waals surface area contributed by atoms with Gasteiger partial charge in [-0.1, -0.05) is 66.4 Å². The van der Waals surface area contributed by atoms with Crippen LogP contribution in [0.25, 0.3) is 6.08 Å². The summed E-state index contributed by atoms with van der Waals surface area (Å²) in [5.74, 6) is -1.01. The molecule has 0 spiro atoms. The second-order valence-electron chi connectivity index (χ2n) is 7.23. The quantitative estimate of drug-likeness (QED) is 0.467. The van der Waals surface area contributed by atoms with Gasteiger partial charge in [0.15, 0.2) is 5.17 Å². The summed E-state index contributed by atoms with van der Waals surface area (Å²) in [4.78, 5) is 31.4. The van der Waals surface area contributed by atoms with Crippen LogP contribution in [0.3, 0.4) is 0 Å². The van der Waals surface area contributed by atoms with Crippen LogP contribution in [0, 0.1) is 0 Å². The Hall–Kier alpha value is -3.85. The molecule has 0 radical (unpaired) electrons. The SMILES string of the molecule is O=C(CSC1=N/C(=C\c2ccccc2)C(=O)N1c1ccccc1)Nc1cccc(C(F)(F)F)c1. The molecule has 1 aliphatic rings. The molecular formula is C25H18F3N3O2S. The van der Waals surface area contributed by atoms with Gasteiger partial charge < -0.3 is 5.32 Å². The zero-order valence-electron chi connectivity index (χ0n) is 17.6. The van der Waals surface area contributed by atoms with Crippen LogP contribution in [-0.4, -0.2) is 22.7 Å². The fourth-order valence-corrected chi connectivity index (χ4v) is 4.02. The number of anilines is 2. The maximum atomic E-state index is 13.1. The number of rotatable bonds is 5. The highest BCUT2D eigenvalue weighted by Gasteiger charge is 2.33. The Kier molecular flexibility index (Phi) is 6.83. The van der Waals surface area contributed by atoms with Crippen molar-refractivity contribution in [3.63, 3.8) is 0 Å². The van der Waals surface area contributed by atoms with E-state index in [0.717, 1.165) is 29.5 Å². The Morgan fingerprint density at radius 3 is 2.32 bits per heavy atom. The number of nitrogens with one attached hydrogen (secondary N) is 1. The number of hydrogen-bond acceptors (Lipinski definition) is 4. The number of amides is 2. The monoisotopic (exact) mass is 481 g/mol. The Bertz CT molecular complexity index is 1260. The molecule has 2 amide bonds. The van der Waals surface area contributed by atoms with Crippen LogP contribution in [-0.2, 0) is 15.8 Å². The van der Waals surface area contributed by atoms with E-state index in [1.807, 2.05) is 36.4 Å². The highest BCUT2D eigenvalue weighted by atomic mass is 32.2. The van der Waals surface area contributed by atoms with Crippen LogP contribution in [0.2, 0.25) is 0 Å². The maximum Gasteiger partial charge on any atom is 0.416 e. The van der Waals surface area contributed by atoms with E-state index in [1.165, 1.54) is 17.0 Å². The predicted octanol–water partition coefficient (Wildman–Crippen LogP) is 5.82. The summed E-state index contributed by atoms with van der Waals surface area (Å²) in [5.41, 5.74) is 0.796. The summed E-state index contributed by atoms with van der Waals surface area (Å²) in [7, 11) is 0. The van der Waals surface area contributed by atoms with Gasteiger partial charge in [0.25, 0.3) is 5.91 Å². The highest BCUT2D eigenvalue weighted by molar-refractivity contribution is 8.14. The minimum atomic E-state index is -4.51. The standard InChI is InChI=1S/C25H18F3N3O2S/c26-25(27,28)18-10-7-11-19(15-18)29-22(32)16-34-24-30-21(14-17-8-3-1-4-9-17)23(33)31(24)20-12-5-2-6-13-20/h1-15H,16H2,(H,29,32)/b21-14-. The van der Waals surface area contributed by atoms with E-state index in [0.29, 0.717) is 10.9 Å². The van der Waals surface area contributed by atoms with Crippen LogP contribution >= 0.6 is 11.8 Å². The molecule has 3 aromatic rings. The van der Waals surface area contributed by atoms with Crippen LogP contribution in [0.5, 0.6) is 0 Å². The Balaban J connectivity index is 1.52. The minimum absolute atomic E-state index is 0.0365. The average molecular weight is 481 g/mol. The van der Waals surface area contributed by atoms with Crippen molar-refractivity contribution in [3.8, 4) is 0 Å². The van der Waals surface area contributed by atoms with Gasteiger partial charge in [-0.2, -0.15) is 13.2 Å². The Labute approximate surface area is 198 Å². The lowest BCUT2D eigenvalue weighted by Crippen LogP contribution is -2.31. The number of carbonyl (C=O) groups excluding carboxylic acids is 2. The van der Waals surface area contributed by atoms with Gasteiger partial charge in [-0.15, -0.1) is 0 Å². The van der Waals surface area contributed by atoms with Gasteiger partial charge >= 0.3 is 6.18 Å². The smallest absolute Gasteiger partial charge is 0.325 e. The summed E-state index contributed by atoms with van der Waals surface area (Å²) in [6, 6.07) is 22.5. The molecule has 0 saturated carbocycles. The molecule has 34 heavy (non-hydrogen) atoms. The molecule has 0 unspecified atom stereocenters. The molecule has 0 fully saturated rings. The normalized spacial score (nSPS) is 14.9. The van der Waals surface area contributed by atoms with E-state index in [9.17, 15) is 22.8 Å². The fraction of sp³-hybridized carbons (Fsp3) is 0.0800. The first kappa shape index (κ1) is 23.3. The molecule has 4 rings (SSSR count). The molecule has 3 aromatic carbocycles. The maximum absolute atomic E-state index is 13.1. The minimum Gasteiger partial charge on any atom is -0.325 e. The van der Waals surface area contributed by atoms with E-state index in [1.54, 1.807) is 30.3 Å². The van der Waals surface area contributed by atoms with Crippen molar-refractivity contribution in [2.24, 2.45) is 4.99 Å². The molecule has 0 aromatic heterocycles. The van der Waals surface area contributed by atoms with Gasteiger partial charge in [-0.25, -0.2) is 4.99 Å². The lowest BCUT2D eigenvalue weighted by Gasteiger charge is -2.17. The van der Waals surface area contributed by atoms with Gasteiger partial charge in [0.2, 0.25) is 5.91 Å². The van der Waals surface area contributed by atoms with E-state index < -0.39 is 17.6 Å². The molecular weight excluding hydrogens is 463 g/mol. The Morgan fingerprint density at radius 2 is 1.65 bits per heavy atom. The van der Waals surface area contributed by atoms with Crippen molar-refractivity contribution in [1.29, 1.82) is 0 Å². The number of alkyl halides is 3. The molecule has 0 bridgehead atoms. The third kappa shape index (κ3) is 5.55. The third-order valence-corrected chi connectivity index (χ3v) is 5.69. The number of halogens is 3. The van der Waals surface area contributed by atoms with Crippen molar-refractivity contribution in [1.82, 2.24) is 0 Å². The summed E-state index contributed by atoms with van der Waals surface area (Å²) < 4.78 is 38.7. The van der Waals surface area contributed by atoms with Crippen molar-refractivity contribution < 1.29 is 22.8 Å². The van der Waals surface area contributed by atoms with Gasteiger partial charge in [0, 0.05) is 5.69 Å². The first-order valence-electron chi connectivity index (χ1n) is 10.2. The van der Waals surface area contributed by atoms with Crippen molar-refractivity contribution >= 4 is 46.2 Å². The van der Waals surface area contributed by atoms with Crippen LogP contribution in [0.4, 0.5) is 24.5 Å². The van der Waals surface area contributed by atoms with Crippen LogP contribution in [0.1, 0.15) is 11.1 Å². The summed E-state index contributed by atoms with van der Waals surface area (Å²) in [6.45, 7) is 0. The zero-order chi connectivity index (χ0) is 24.1. The molecule has 0 saturated heterocycles. The number of amidine groups is 1. The fourth-order valence-electron chi connectivity index (χ4n) is 3.21. The Morgan fingerprint density at radius 1 is 0.971 bits per heavy atom. The lowest BCUT2D eigenvalue weighted by molar-refractivity contribution is -0.137. The predicted molar refractivity (Wildman–Crippen MR) is 128 cm³/mol. The first-order chi connectivity index (χ1) is 16.3. The molecule has 5 nitrogen and oxygen atoms in total. The van der Waals surface area contributed by atoms with E-state index in [-0.39, 0.29) is 23.0 Å². The second-order valence-corrected chi connectivity index (χ2v) is 8.17. The van der Waals surface area contributed by atoms with Gasteiger partial charge in [-0.3, -0.25) is 14.5 Å². The van der Waals surface area contributed by atoms with Gasteiger partial charge in [-0.05, 0) is 42.0 Å². The zero-order valence-corrected chi connectivity index (χ0v) is 18.4. The second kappa shape index (κ2) is 9.96. The number of benzene rings is 3. The number of para-hydroxylation sites is 1. The number of nitrogens with zero attached hydrogens (tertiary/aromatic N) is 2. The topological polar surface area (TPSA) is 61.8 Å². The molecule has 9 heteroatoms. The van der Waals surface area contributed by atoms with E-state index >= 15 is 0 Å². The number of aliphatic imine (C=N–C) groups is 1. The largest absolute Gasteiger partial charge is 0.416 e. The molecule has 1 aliphatic heterocycles. The number of carbonyl (C=O) groups is 2. The van der Waals surface area contributed by atoms with Crippen LogP contribution < -0.4 is 10.2 Å². The molecule has 1 N–H and O–H groups in total. The lowest BCUT2D eigenvalue weighted by atomic mass is 10.2. The summed E-state index contributed by atoms with van der Waals surface area (Å²) >= 11 is 1.02. The molecule has 0 atom stereocenters. The van der Waals surface area contributed by atoms with Crippen molar-refractivity contribution in [2.75, 3.05) is 16.0 Å². The van der Waals surface area contributed by atoms with Crippen molar-refractivity contribution in [2.45, 2.75) is 6.18 Å². The van der Waals surface area contributed by atoms with E-state index in [2.05, 4.69) is 10.3 Å².